The Labute approximate surface area is 130 Å². The Balaban J connectivity index is 1.46. The van der Waals surface area contributed by atoms with Gasteiger partial charge in [0.05, 0.1) is 0 Å². The van der Waals surface area contributed by atoms with E-state index in [0.717, 1.165) is 24.4 Å². The summed E-state index contributed by atoms with van der Waals surface area (Å²) in [5, 5.41) is 3.13. The second-order valence-electron chi connectivity index (χ2n) is 6.42. The first-order valence-electron chi connectivity index (χ1n) is 7.89. The molecule has 0 spiro atoms. The third-order valence-corrected chi connectivity index (χ3v) is 4.82. The third-order valence-electron chi connectivity index (χ3n) is 4.82. The molecule has 0 aliphatic carbocycles. The Kier molecular flexibility index (Phi) is 3.26. The van der Waals surface area contributed by atoms with Gasteiger partial charge in [-0.2, -0.15) is 0 Å². The van der Waals surface area contributed by atoms with Crippen LogP contribution in [0.3, 0.4) is 0 Å². The summed E-state index contributed by atoms with van der Waals surface area (Å²) in [6.07, 6.45) is 1.19. The van der Waals surface area contributed by atoms with E-state index in [1.807, 2.05) is 30.3 Å². The summed E-state index contributed by atoms with van der Waals surface area (Å²) in [5.41, 5.74) is 2.20. The highest BCUT2D eigenvalue weighted by atomic mass is 16.3. The number of hydrogen-bond acceptors (Lipinski definition) is 3. The second kappa shape index (κ2) is 5.29. The molecule has 1 aromatic carbocycles. The minimum absolute atomic E-state index is 0.0999. The molecule has 114 valence electrons. The van der Waals surface area contributed by atoms with E-state index >= 15 is 0 Å². The predicted molar refractivity (Wildman–Crippen MR) is 84.7 cm³/mol. The standard InChI is InChI=1S/C18H20N2O2/c1-12-2-4-13(5-3-12)16-6-7-17(22-16)18(21)19-15-11-20-9-8-14(15)10-20/h2-7,14-15H,8-11H2,1H3,(H,19,21)/t14-,15?/m0/s1. The van der Waals surface area contributed by atoms with Crippen molar-refractivity contribution in [2.75, 3.05) is 19.6 Å². The Morgan fingerprint density at radius 2 is 2.00 bits per heavy atom. The van der Waals surface area contributed by atoms with Gasteiger partial charge >= 0.3 is 0 Å². The number of aryl methyl sites for hydroxylation is 1. The molecule has 1 amide bonds. The molecule has 2 bridgehead atoms. The summed E-state index contributed by atoms with van der Waals surface area (Å²) < 4.78 is 5.74. The fraction of sp³-hybridized carbons (Fsp3) is 0.389. The molecule has 0 saturated carbocycles. The molecule has 22 heavy (non-hydrogen) atoms. The van der Waals surface area contributed by atoms with Crippen LogP contribution in [0.4, 0.5) is 0 Å². The van der Waals surface area contributed by atoms with Crippen LogP contribution in [0.15, 0.2) is 40.8 Å². The molecule has 1 N–H and O–H groups in total. The molecule has 2 aliphatic heterocycles. The molecule has 4 heteroatoms. The number of benzene rings is 1. The van der Waals surface area contributed by atoms with Gasteiger partial charge in [-0.05, 0) is 37.9 Å². The number of piperidine rings is 1. The highest BCUT2D eigenvalue weighted by Gasteiger charge is 2.38. The van der Waals surface area contributed by atoms with Crippen molar-refractivity contribution in [3.05, 3.63) is 47.7 Å². The average molecular weight is 296 g/mol. The smallest absolute Gasteiger partial charge is 0.287 e. The average Bonchev–Trinajstić information content (AvgIpc) is 3.24. The molecule has 3 heterocycles. The van der Waals surface area contributed by atoms with E-state index in [4.69, 9.17) is 4.42 Å². The first-order chi connectivity index (χ1) is 10.7. The van der Waals surface area contributed by atoms with Crippen LogP contribution in [-0.4, -0.2) is 36.5 Å². The quantitative estimate of drug-likeness (QED) is 0.947. The molecular weight excluding hydrogens is 276 g/mol. The number of furan rings is 1. The molecule has 1 aromatic heterocycles. The molecule has 4 nitrogen and oxygen atoms in total. The van der Waals surface area contributed by atoms with Gasteiger partial charge in [0.15, 0.2) is 5.76 Å². The van der Waals surface area contributed by atoms with Crippen LogP contribution in [0.2, 0.25) is 0 Å². The minimum atomic E-state index is -0.0999. The zero-order valence-electron chi connectivity index (χ0n) is 12.7. The molecule has 0 radical (unpaired) electrons. The molecule has 2 aromatic rings. The van der Waals surface area contributed by atoms with E-state index in [9.17, 15) is 4.79 Å². The molecule has 2 aliphatic rings. The monoisotopic (exact) mass is 296 g/mol. The van der Waals surface area contributed by atoms with E-state index < -0.39 is 0 Å². The lowest BCUT2D eigenvalue weighted by Crippen LogP contribution is -2.43. The lowest BCUT2D eigenvalue weighted by molar-refractivity contribution is 0.0897. The van der Waals surface area contributed by atoms with Crippen LogP contribution in [0.25, 0.3) is 11.3 Å². The summed E-state index contributed by atoms with van der Waals surface area (Å²) >= 11 is 0. The van der Waals surface area contributed by atoms with Crippen molar-refractivity contribution in [3.8, 4) is 11.3 Å². The fourth-order valence-electron chi connectivity index (χ4n) is 3.52. The van der Waals surface area contributed by atoms with Crippen LogP contribution in [0.1, 0.15) is 22.5 Å². The van der Waals surface area contributed by atoms with Crippen molar-refractivity contribution in [1.29, 1.82) is 0 Å². The van der Waals surface area contributed by atoms with Crippen molar-refractivity contribution in [1.82, 2.24) is 10.2 Å². The van der Waals surface area contributed by atoms with Crippen molar-refractivity contribution in [3.63, 3.8) is 0 Å². The van der Waals surface area contributed by atoms with Gasteiger partial charge in [0.25, 0.3) is 5.91 Å². The Morgan fingerprint density at radius 1 is 1.18 bits per heavy atom. The number of nitrogens with one attached hydrogen (secondary N) is 1. The largest absolute Gasteiger partial charge is 0.451 e. The number of nitrogens with zero attached hydrogens (tertiary/aromatic N) is 1. The topological polar surface area (TPSA) is 45.5 Å². The number of amides is 1. The van der Waals surface area contributed by atoms with Gasteiger partial charge in [0.1, 0.15) is 5.76 Å². The summed E-state index contributed by atoms with van der Waals surface area (Å²) in [6, 6.07) is 12.0. The van der Waals surface area contributed by atoms with Crippen LogP contribution >= 0.6 is 0 Å². The van der Waals surface area contributed by atoms with E-state index in [2.05, 4.69) is 17.1 Å². The third kappa shape index (κ3) is 2.44. The predicted octanol–water partition coefficient (Wildman–Crippen LogP) is 2.69. The molecular formula is C18H20N2O2. The van der Waals surface area contributed by atoms with Crippen LogP contribution in [-0.2, 0) is 0 Å². The highest BCUT2D eigenvalue weighted by molar-refractivity contribution is 5.92. The first kappa shape index (κ1) is 13.6. The van der Waals surface area contributed by atoms with Crippen molar-refractivity contribution >= 4 is 5.91 Å². The number of rotatable bonds is 3. The van der Waals surface area contributed by atoms with Crippen LogP contribution < -0.4 is 5.32 Å². The van der Waals surface area contributed by atoms with Crippen LogP contribution in [0.5, 0.6) is 0 Å². The normalized spacial score (nSPS) is 26.3. The maximum Gasteiger partial charge on any atom is 0.287 e. The highest BCUT2D eigenvalue weighted by Crippen LogP contribution is 2.28. The lowest BCUT2D eigenvalue weighted by Gasteiger charge is -2.22. The molecule has 4 rings (SSSR count). The van der Waals surface area contributed by atoms with Crippen molar-refractivity contribution < 1.29 is 9.21 Å². The van der Waals surface area contributed by atoms with Crippen molar-refractivity contribution in [2.45, 2.75) is 19.4 Å². The van der Waals surface area contributed by atoms with Gasteiger partial charge in [0.2, 0.25) is 0 Å². The zero-order valence-corrected chi connectivity index (χ0v) is 12.7. The van der Waals surface area contributed by atoms with Gasteiger partial charge in [-0.25, -0.2) is 0 Å². The summed E-state index contributed by atoms with van der Waals surface area (Å²) in [4.78, 5) is 14.8. The van der Waals surface area contributed by atoms with Gasteiger partial charge in [-0.15, -0.1) is 0 Å². The molecule has 2 saturated heterocycles. The van der Waals surface area contributed by atoms with Gasteiger partial charge < -0.3 is 14.6 Å². The summed E-state index contributed by atoms with van der Waals surface area (Å²) in [5.74, 6) is 1.64. The van der Waals surface area contributed by atoms with E-state index in [0.29, 0.717) is 11.7 Å². The lowest BCUT2D eigenvalue weighted by atomic mass is 10.00. The zero-order chi connectivity index (χ0) is 15.1. The summed E-state index contributed by atoms with van der Waals surface area (Å²) in [7, 11) is 0. The number of carbonyl (C=O) groups is 1. The Hall–Kier alpha value is -2.07. The van der Waals surface area contributed by atoms with E-state index in [-0.39, 0.29) is 11.9 Å². The Bertz CT molecular complexity index is 689. The van der Waals surface area contributed by atoms with Crippen molar-refractivity contribution in [2.24, 2.45) is 5.92 Å². The fourth-order valence-corrected chi connectivity index (χ4v) is 3.52. The summed E-state index contributed by atoms with van der Waals surface area (Å²) in [6.45, 7) is 5.32. The van der Waals surface area contributed by atoms with Gasteiger partial charge in [-0.3, -0.25) is 4.79 Å². The maximum atomic E-state index is 12.4. The molecule has 2 unspecified atom stereocenters. The maximum absolute atomic E-state index is 12.4. The molecule has 2 fully saturated rings. The molecule has 3 atom stereocenters. The number of fused-ring (bicyclic) bond motifs is 2. The SMILES string of the molecule is Cc1ccc(-c2ccc(C(=O)NC3CN4CC[C@H]3C4)o2)cc1. The van der Waals surface area contributed by atoms with E-state index in [1.165, 1.54) is 18.5 Å². The van der Waals surface area contributed by atoms with Gasteiger partial charge in [-0.1, -0.05) is 29.8 Å². The van der Waals surface area contributed by atoms with E-state index in [1.54, 1.807) is 6.07 Å². The second-order valence-corrected chi connectivity index (χ2v) is 6.42. The minimum Gasteiger partial charge on any atom is -0.451 e. The van der Waals surface area contributed by atoms with Crippen LogP contribution in [0, 0.1) is 12.8 Å². The first-order valence-corrected chi connectivity index (χ1v) is 7.89. The number of hydrogen-bond donors (Lipinski definition) is 1. The Morgan fingerprint density at radius 3 is 2.68 bits per heavy atom. The van der Waals surface area contributed by atoms with Gasteiger partial charge in [0, 0.05) is 24.7 Å². The number of carbonyl (C=O) groups excluding carboxylic acids is 1.